The lowest BCUT2D eigenvalue weighted by atomic mass is 9.83. The molecule has 0 radical (unpaired) electrons. The Morgan fingerprint density at radius 3 is 3.04 bits per heavy atom. The number of hydrogen-bond donors (Lipinski definition) is 2. The maximum absolute atomic E-state index is 12.7. The number of aromatic nitrogens is 5. The van der Waals surface area contributed by atoms with E-state index in [2.05, 4.69) is 35.4 Å². The van der Waals surface area contributed by atoms with Gasteiger partial charge in [0, 0.05) is 18.4 Å². The van der Waals surface area contributed by atoms with E-state index in [1.165, 1.54) is 12.8 Å². The summed E-state index contributed by atoms with van der Waals surface area (Å²) in [6.07, 6.45) is 10.5. The second-order valence-electron chi connectivity index (χ2n) is 6.76. The minimum absolute atomic E-state index is 0.0939. The van der Waals surface area contributed by atoms with Crippen molar-refractivity contribution in [2.24, 2.45) is 5.92 Å². The van der Waals surface area contributed by atoms with Gasteiger partial charge in [-0.2, -0.15) is 5.10 Å². The average molecular weight is 341 g/mol. The summed E-state index contributed by atoms with van der Waals surface area (Å²) in [6, 6.07) is 0.410. The van der Waals surface area contributed by atoms with Crippen molar-refractivity contribution in [2.45, 2.75) is 44.7 Å². The maximum Gasteiger partial charge on any atom is 0.225 e. The average Bonchev–Trinajstić information content (AvgIpc) is 3.15. The number of amides is 1. The smallest absolute Gasteiger partial charge is 0.225 e. The van der Waals surface area contributed by atoms with Crippen molar-refractivity contribution >= 4 is 5.91 Å². The van der Waals surface area contributed by atoms with Gasteiger partial charge in [0.2, 0.25) is 11.7 Å². The van der Waals surface area contributed by atoms with Gasteiger partial charge in [0.15, 0.2) is 0 Å². The molecule has 0 aromatic carbocycles. The summed E-state index contributed by atoms with van der Waals surface area (Å²) in [4.78, 5) is 27.8. The third-order valence-corrected chi connectivity index (χ3v) is 5.18. The van der Waals surface area contributed by atoms with E-state index in [4.69, 9.17) is 0 Å². The summed E-state index contributed by atoms with van der Waals surface area (Å²) in [5.74, 6) is 1.35. The van der Waals surface area contributed by atoms with E-state index in [9.17, 15) is 4.79 Å². The fourth-order valence-corrected chi connectivity index (χ4v) is 3.97. The predicted molar refractivity (Wildman–Crippen MR) is 91.2 cm³/mol. The van der Waals surface area contributed by atoms with Gasteiger partial charge in [0.1, 0.15) is 11.5 Å². The molecule has 2 aliphatic heterocycles. The zero-order valence-corrected chi connectivity index (χ0v) is 14.2. The molecular weight excluding hydrogens is 318 g/mol. The molecule has 25 heavy (non-hydrogen) atoms. The summed E-state index contributed by atoms with van der Waals surface area (Å²) >= 11 is 0. The van der Waals surface area contributed by atoms with Crippen molar-refractivity contribution in [3.8, 4) is 11.5 Å². The minimum Gasteiger partial charge on any atom is -0.349 e. The number of H-pyrrole nitrogens is 1. The lowest BCUT2D eigenvalue weighted by Crippen LogP contribution is -2.52. The first-order valence-corrected chi connectivity index (χ1v) is 9.01. The Bertz CT molecular complexity index is 715. The number of piperidine rings is 2. The van der Waals surface area contributed by atoms with Crippen molar-refractivity contribution in [1.82, 2.24) is 35.4 Å². The van der Waals surface area contributed by atoms with Gasteiger partial charge in [0.05, 0.1) is 18.7 Å². The number of nitrogens with zero attached hydrogens (tertiary/aromatic N) is 5. The number of fused-ring (bicyclic) bond motifs is 1. The number of hydrogen-bond acceptors (Lipinski definition) is 6. The number of aromatic amines is 1. The van der Waals surface area contributed by atoms with Crippen LogP contribution in [-0.2, 0) is 11.3 Å². The van der Waals surface area contributed by atoms with Crippen molar-refractivity contribution < 1.29 is 4.79 Å². The standard InChI is InChI=1S/C17H23N7O/c25-17(12-4-3-9-24-8-2-1-5-14(12)24)20-11-15-21-16(23-22-15)13-10-18-6-7-19-13/h6-7,10,12,14H,1-5,8-9,11H2,(H,20,25)(H,21,22,23)/t12-,14-/m1/s1. The Morgan fingerprint density at radius 1 is 1.24 bits per heavy atom. The van der Waals surface area contributed by atoms with E-state index in [-0.39, 0.29) is 11.8 Å². The molecule has 2 aliphatic rings. The molecule has 4 heterocycles. The summed E-state index contributed by atoms with van der Waals surface area (Å²) in [5, 5.41) is 10.0. The quantitative estimate of drug-likeness (QED) is 0.865. The Morgan fingerprint density at radius 2 is 2.16 bits per heavy atom. The highest BCUT2D eigenvalue weighted by Gasteiger charge is 2.36. The molecule has 0 spiro atoms. The van der Waals surface area contributed by atoms with Crippen molar-refractivity contribution in [2.75, 3.05) is 13.1 Å². The molecule has 0 unspecified atom stereocenters. The molecule has 0 aliphatic carbocycles. The Balaban J connectivity index is 1.36. The SMILES string of the molecule is O=C(NCc1nc(-c2cnccn2)n[nH]1)[C@@H]1CCCN2CCCC[C@H]12. The van der Waals surface area contributed by atoms with E-state index in [0.29, 0.717) is 29.9 Å². The molecule has 8 nitrogen and oxygen atoms in total. The molecule has 132 valence electrons. The second kappa shape index (κ2) is 7.26. The van der Waals surface area contributed by atoms with Crippen molar-refractivity contribution in [3.63, 3.8) is 0 Å². The number of rotatable bonds is 4. The molecule has 1 amide bonds. The van der Waals surface area contributed by atoms with Gasteiger partial charge in [-0.3, -0.25) is 19.8 Å². The zero-order valence-electron chi connectivity index (χ0n) is 14.2. The molecule has 0 bridgehead atoms. The molecule has 2 N–H and O–H groups in total. The lowest BCUT2D eigenvalue weighted by molar-refractivity contribution is -0.129. The summed E-state index contributed by atoms with van der Waals surface area (Å²) in [6.45, 7) is 2.63. The largest absolute Gasteiger partial charge is 0.349 e. The van der Waals surface area contributed by atoms with Crippen LogP contribution in [0.1, 0.15) is 37.9 Å². The molecule has 2 saturated heterocycles. The van der Waals surface area contributed by atoms with Gasteiger partial charge < -0.3 is 5.32 Å². The van der Waals surface area contributed by atoms with Crippen molar-refractivity contribution in [1.29, 1.82) is 0 Å². The molecular formula is C17H23N7O. The monoisotopic (exact) mass is 341 g/mol. The first-order chi connectivity index (χ1) is 12.3. The van der Waals surface area contributed by atoms with Crippen LogP contribution in [0.25, 0.3) is 11.5 Å². The van der Waals surface area contributed by atoms with Gasteiger partial charge in [-0.05, 0) is 38.8 Å². The van der Waals surface area contributed by atoms with Crippen LogP contribution in [0.15, 0.2) is 18.6 Å². The van der Waals surface area contributed by atoms with Gasteiger partial charge in [-0.1, -0.05) is 6.42 Å². The van der Waals surface area contributed by atoms with E-state index >= 15 is 0 Å². The van der Waals surface area contributed by atoms with Crippen LogP contribution in [-0.4, -0.2) is 55.1 Å². The third kappa shape index (κ3) is 3.53. The normalized spacial score (nSPS) is 23.8. The topological polar surface area (TPSA) is 99.7 Å². The van der Waals surface area contributed by atoms with E-state index in [0.717, 1.165) is 32.4 Å². The minimum atomic E-state index is 0.0939. The van der Waals surface area contributed by atoms with Gasteiger partial charge in [-0.15, -0.1) is 0 Å². The Kier molecular flexibility index (Phi) is 4.69. The zero-order chi connectivity index (χ0) is 17.1. The molecule has 2 atom stereocenters. The van der Waals surface area contributed by atoms with Crippen LogP contribution in [0.2, 0.25) is 0 Å². The van der Waals surface area contributed by atoms with Gasteiger partial charge >= 0.3 is 0 Å². The third-order valence-electron chi connectivity index (χ3n) is 5.18. The van der Waals surface area contributed by atoms with E-state index in [1.807, 2.05) is 0 Å². The highest BCUT2D eigenvalue weighted by atomic mass is 16.1. The van der Waals surface area contributed by atoms with E-state index in [1.54, 1.807) is 18.6 Å². The molecule has 2 fully saturated rings. The van der Waals surface area contributed by atoms with Crippen LogP contribution in [0.3, 0.4) is 0 Å². The summed E-state index contributed by atoms with van der Waals surface area (Å²) < 4.78 is 0. The fraction of sp³-hybridized carbons (Fsp3) is 0.588. The first kappa shape index (κ1) is 16.1. The maximum atomic E-state index is 12.7. The number of nitrogens with one attached hydrogen (secondary N) is 2. The number of carbonyl (C=O) groups is 1. The van der Waals surface area contributed by atoms with Crippen LogP contribution in [0, 0.1) is 5.92 Å². The lowest BCUT2D eigenvalue weighted by Gasteiger charge is -2.43. The van der Waals surface area contributed by atoms with Crippen molar-refractivity contribution in [3.05, 3.63) is 24.4 Å². The fourth-order valence-electron chi connectivity index (χ4n) is 3.97. The van der Waals surface area contributed by atoms with Crippen LogP contribution in [0.4, 0.5) is 0 Å². The summed E-state index contributed by atoms with van der Waals surface area (Å²) in [7, 11) is 0. The first-order valence-electron chi connectivity index (χ1n) is 9.01. The van der Waals surface area contributed by atoms with Crippen LogP contribution < -0.4 is 5.32 Å². The highest BCUT2D eigenvalue weighted by molar-refractivity contribution is 5.79. The molecule has 2 aromatic rings. The highest BCUT2D eigenvalue weighted by Crippen LogP contribution is 2.30. The molecule has 2 aromatic heterocycles. The second-order valence-corrected chi connectivity index (χ2v) is 6.76. The Labute approximate surface area is 146 Å². The number of carbonyl (C=O) groups excluding carboxylic acids is 1. The van der Waals surface area contributed by atoms with Crippen LogP contribution >= 0.6 is 0 Å². The van der Waals surface area contributed by atoms with E-state index < -0.39 is 0 Å². The molecule has 0 saturated carbocycles. The van der Waals surface area contributed by atoms with Crippen LogP contribution in [0.5, 0.6) is 0 Å². The summed E-state index contributed by atoms with van der Waals surface area (Å²) in [5.41, 5.74) is 0.612. The van der Waals surface area contributed by atoms with Gasteiger partial charge in [0.25, 0.3) is 0 Å². The molecule has 8 heteroatoms. The molecule has 4 rings (SSSR count). The predicted octanol–water partition coefficient (Wildman–Crippen LogP) is 1.14. The van der Waals surface area contributed by atoms with Gasteiger partial charge in [-0.25, -0.2) is 9.97 Å². The Hall–Kier alpha value is -2.35.